The number of hydrogen-bond donors (Lipinski definition) is 5. The number of nitrogens with one attached hydrogen (secondary N) is 2. The molecule has 3 aromatic heterocycles. The van der Waals surface area contributed by atoms with Crippen molar-refractivity contribution in [1.29, 1.82) is 0 Å². The first-order valence-electron chi connectivity index (χ1n) is 14.6. The van der Waals surface area contributed by atoms with Crippen LogP contribution < -0.4 is 0 Å². The summed E-state index contributed by atoms with van der Waals surface area (Å²) in [5, 5.41) is 29.9. The van der Waals surface area contributed by atoms with Crippen molar-refractivity contribution in [3.05, 3.63) is 75.4 Å². The number of aromatic nitrogens is 4. The Balaban J connectivity index is 0.00000288. The standard InChI is InChI=1S/C34H36N4O6.2Na.2H/c1-7-19-15(3)23-12-25-17(5)21(9-10-29(39)40)32(37-25)22(11-30(41)42)33-31(34(43)44)18(6)26(38-33)14-28-20(8-2)16(4)24(36-28)13-27(19)35-23;;;;/h7,12-14,17,21,35-36H,1,8-11H2,2-6H3,(H,39,40)(H,41,42)(H,43,44);;;;/t17-,21-;;;;/m0..../s1. The van der Waals surface area contributed by atoms with Crippen LogP contribution in [0.3, 0.4) is 0 Å². The van der Waals surface area contributed by atoms with E-state index in [9.17, 15) is 29.7 Å². The molecule has 0 amide bonds. The number of aromatic amines is 2. The fourth-order valence-electron chi connectivity index (χ4n) is 6.53. The maximum atomic E-state index is 12.7. The van der Waals surface area contributed by atoms with Gasteiger partial charge in [-0.05, 0) is 74.1 Å². The Labute approximate surface area is 311 Å². The van der Waals surface area contributed by atoms with Gasteiger partial charge in [-0.2, -0.15) is 0 Å². The van der Waals surface area contributed by atoms with Crippen LogP contribution in [0, 0.1) is 13.8 Å². The van der Waals surface area contributed by atoms with E-state index in [2.05, 4.69) is 16.5 Å². The van der Waals surface area contributed by atoms with Crippen LogP contribution in [0.25, 0.3) is 39.3 Å². The van der Waals surface area contributed by atoms with Gasteiger partial charge in [-0.25, -0.2) is 9.78 Å². The Morgan fingerprint density at radius 2 is 1.54 bits per heavy atom. The van der Waals surface area contributed by atoms with E-state index in [0.717, 1.165) is 44.3 Å². The average molecular weight is 645 g/mol. The van der Waals surface area contributed by atoms with E-state index < -0.39 is 30.2 Å². The van der Waals surface area contributed by atoms with Crippen molar-refractivity contribution in [2.24, 2.45) is 0 Å². The van der Waals surface area contributed by atoms with Gasteiger partial charge >= 0.3 is 77.0 Å². The number of carboxylic acids is 3. The van der Waals surface area contributed by atoms with Gasteiger partial charge in [0, 0.05) is 57.1 Å². The Morgan fingerprint density at radius 3 is 2.13 bits per heavy atom. The predicted molar refractivity (Wildman–Crippen MR) is 184 cm³/mol. The SMILES string of the molecule is C=Cc1c(C)c2cc3nc(c(CC(=O)O)c4nc(cc5[nH]c(cc1[nH]2)c(C)c5CC)C(C)=C4C(=O)O)[C@@H](CCC(=O)O)[C@@H]3C.[NaH].[NaH]. The number of H-pyrrole nitrogens is 2. The van der Waals surface area contributed by atoms with Crippen LogP contribution in [0.15, 0.2) is 24.8 Å². The van der Waals surface area contributed by atoms with E-state index >= 15 is 0 Å². The molecule has 10 nitrogen and oxygen atoms in total. The molecule has 0 spiro atoms. The van der Waals surface area contributed by atoms with E-state index in [0.29, 0.717) is 29.1 Å². The van der Waals surface area contributed by atoms with E-state index in [1.54, 1.807) is 13.0 Å². The summed E-state index contributed by atoms with van der Waals surface area (Å²) in [6.07, 6.45) is 2.03. The Bertz CT molecular complexity index is 1960. The maximum absolute atomic E-state index is 12.7. The molecule has 0 aromatic carbocycles. The van der Waals surface area contributed by atoms with Crippen molar-refractivity contribution >= 4 is 116 Å². The van der Waals surface area contributed by atoms with Crippen LogP contribution in [0.1, 0.15) is 96.0 Å². The van der Waals surface area contributed by atoms with Crippen molar-refractivity contribution in [3.63, 3.8) is 0 Å². The molecule has 3 aromatic rings. The third kappa shape index (κ3) is 6.83. The zero-order valence-electron chi connectivity index (χ0n) is 25.5. The number of aliphatic carboxylic acids is 3. The van der Waals surface area contributed by atoms with Crippen molar-refractivity contribution in [3.8, 4) is 0 Å². The number of rotatable bonds is 8. The summed E-state index contributed by atoms with van der Waals surface area (Å²) >= 11 is 0. The molecule has 46 heavy (non-hydrogen) atoms. The number of hydrogen-bond acceptors (Lipinski definition) is 5. The van der Waals surface area contributed by atoms with Gasteiger partial charge in [-0.3, -0.25) is 14.6 Å². The van der Waals surface area contributed by atoms with Gasteiger partial charge in [0.15, 0.2) is 0 Å². The quantitative estimate of drug-likeness (QED) is 0.208. The number of carboxylic acid groups (broad SMARTS) is 3. The van der Waals surface area contributed by atoms with Crippen LogP contribution >= 0.6 is 0 Å². The molecule has 0 saturated carbocycles. The fraction of sp³-hybridized carbons (Fsp3) is 0.324. The molecule has 2 aliphatic rings. The molecule has 5 N–H and O–H groups in total. The zero-order valence-corrected chi connectivity index (χ0v) is 25.5. The normalized spacial score (nSPS) is 15.6. The second-order valence-corrected chi connectivity index (χ2v) is 11.5. The minimum atomic E-state index is -1.23. The molecule has 2 aliphatic heterocycles. The second kappa shape index (κ2) is 14.8. The zero-order chi connectivity index (χ0) is 32.0. The third-order valence-corrected chi connectivity index (χ3v) is 8.94. The third-order valence-electron chi connectivity index (χ3n) is 8.94. The first-order chi connectivity index (χ1) is 20.9. The molecule has 5 rings (SSSR count). The molecular weight excluding hydrogens is 606 g/mol. The van der Waals surface area contributed by atoms with Gasteiger partial charge in [-0.1, -0.05) is 26.5 Å². The first kappa shape index (κ1) is 37.5. The number of nitrogens with zero attached hydrogens (tertiary/aromatic N) is 2. The molecule has 0 radical (unpaired) electrons. The van der Waals surface area contributed by atoms with Crippen LogP contribution in [0.2, 0.25) is 0 Å². The molecule has 12 heteroatoms. The number of allylic oxidation sites excluding steroid dienone is 1. The van der Waals surface area contributed by atoms with Crippen molar-refractivity contribution in [2.75, 3.05) is 0 Å². The molecule has 8 bridgehead atoms. The van der Waals surface area contributed by atoms with Gasteiger partial charge < -0.3 is 25.3 Å². The van der Waals surface area contributed by atoms with Gasteiger partial charge in [0.1, 0.15) is 0 Å². The van der Waals surface area contributed by atoms with Crippen molar-refractivity contribution in [1.82, 2.24) is 19.9 Å². The Hall–Kier alpha value is -2.99. The number of carbonyl (C=O) groups is 3. The van der Waals surface area contributed by atoms with Crippen molar-refractivity contribution < 1.29 is 29.7 Å². The summed E-state index contributed by atoms with van der Waals surface area (Å²) in [6, 6.07) is 5.75. The van der Waals surface area contributed by atoms with Gasteiger partial charge in [0.2, 0.25) is 0 Å². The molecule has 5 heterocycles. The summed E-state index contributed by atoms with van der Waals surface area (Å²) in [6.45, 7) is 13.7. The van der Waals surface area contributed by atoms with Crippen LogP contribution in [-0.2, 0) is 27.2 Å². The molecule has 0 saturated heterocycles. The van der Waals surface area contributed by atoms with Crippen LogP contribution in [0.5, 0.6) is 0 Å². The molecule has 2 atom stereocenters. The van der Waals surface area contributed by atoms with Gasteiger partial charge in [0.05, 0.1) is 29.1 Å². The minimum absolute atomic E-state index is 0. The number of fused-ring (bicyclic) bond motifs is 8. The number of aryl methyl sites for hydroxylation is 3. The van der Waals surface area contributed by atoms with E-state index in [-0.39, 0.29) is 94.7 Å². The van der Waals surface area contributed by atoms with E-state index in [1.807, 2.05) is 45.9 Å². The average Bonchev–Trinajstić information content (AvgIpc) is 3.63. The summed E-state index contributed by atoms with van der Waals surface area (Å²) in [5.74, 6) is -4.13. The Morgan fingerprint density at radius 1 is 0.891 bits per heavy atom. The molecule has 0 unspecified atom stereocenters. The monoisotopic (exact) mass is 644 g/mol. The van der Waals surface area contributed by atoms with Crippen LogP contribution in [0.4, 0.5) is 0 Å². The van der Waals surface area contributed by atoms with Gasteiger partial charge in [0.25, 0.3) is 0 Å². The molecule has 0 fully saturated rings. The van der Waals surface area contributed by atoms with Crippen LogP contribution in [-0.4, -0.2) is 112 Å². The van der Waals surface area contributed by atoms with Gasteiger partial charge in [-0.15, -0.1) is 0 Å². The second-order valence-electron chi connectivity index (χ2n) is 11.5. The van der Waals surface area contributed by atoms with E-state index in [1.165, 1.54) is 0 Å². The first-order valence-corrected chi connectivity index (χ1v) is 14.6. The molecular formula is C34H38N4Na2O6. The van der Waals surface area contributed by atoms with Crippen molar-refractivity contribution in [2.45, 2.75) is 72.1 Å². The summed E-state index contributed by atoms with van der Waals surface area (Å²) in [5.41, 5.74) is 9.23. The van der Waals surface area contributed by atoms with E-state index in [4.69, 9.17) is 9.97 Å². The summed E-state index contributed by atoms with van der Waals surface area (Å²) in [4.78, 5) is 53.2. The predicted octanol–water partition coefficient (Wildman–Crippen LogP) is 5.23. The molecule has 0 aliphatic carbocycles. The topological polar surface area (TPSA) is 169 Å². The summed E-state index contributed by atoms with van der Waals surface area (Å²) < 4.78 is 0. The molecule has 232 valence electrons. The Kier molecular flexibility index (Phi) is 12.1. The summed E-state index contributed by atoms with van der Waals surface area (Å²) in [7, 11) is 0. The fourth-order valence-corrected chi connectivity index (χ4v) is 6.53.